The Morgan fingerprint density at radius 3 is 2.90 bits per heavy atom. The highest BCUT2D eigenvalue weighted by Crippen LogP contribution is 2.39. The molecule has 2 N–H and O–H groups in total. The third-order valence-electron chi connectivity index (χ3n) is 5.59. The summed E-state index contributed by atoms with van der Waals surface area (Å²) in [5.74, 6) is 0. The number of aromatic nitrogens is 1. The van der Waals surface area contributed by atoms with Crippen molar-refractivity contribution in [2.75, 3.05) is 26.2 Å². The largest absolute Gasteiger partial charge is 0.361 e. The van der Waals surface area contributed by atoms with Crippen molar-refractivity contribution in [1.82, 2.24) is 15.2 Å². The Bertz CT molecular complexity index is 637. The number of rotatable bonds is 2. The third-order valence-corrected chi connectivity index (χ3v) is 5.59. The zero-order valence-corrected chi connectivity index (χ0v) is 12.9. The quantitative estimate of drug-likeness (QED) is 0.887. The van der Waals surface area contributed by atoms with Gasteiger partial charge < -0.3 is 10.3 Å². The number of hydrogen-bond donors (Lipinski definition) is 2. The molecule has 2 aliphatic heterocycles. The molecule has 21 heavy (non-hydrogen) atoms. The molecule has 3 nitrogen and oxygen atoms in total. The summed E-state index contributed by atoms with van der Waals surface area (Å²) < 4.78 is 0. The van der Waals surface area contributed by atoms with Crippen molar-refractivity contribution in [3.05, 3.63) is 35.5 Å². The van der Waals surface area contributed by atoms with E-state index in [-0.39, 0.29) is 0 Å². The third kappa shape index (κ3) is 2.39. The molecule has 0 saturated carbocycles. The van der Waals surface area contributed by atoms with Crippen LogP contribution in [0.25, 0.3) is 10.9 Å². The number of aryl methyl sites for hydroxylation is 1. The summed E-state index contributed by atoms with van der Waals surface area (Å²) in [6.45, 7) is 8.24. The van der Waals surface area contributed by atoms with Crippen molar-refractivity contribution in [3.63, 3.8) is 0 Å². The first-order valence-electron chi connectivity index (χ1n) is 8.24. The summed E-state index contributed by atoms with van der Waals surface area (Å²) >= 11 is 0. The van der Waals surface area contributed by atoms with Gasteiger partial charge in [0.15, 0.2) is 0 Å². The van der Waals surface area contributed by atoms with Crippen molar-refractivity contribution in [3.8, 4) is 0 Å². The maximum Gasteiger partial charge on any atom is 0.0487 e. The highest BCUT2D eigenvalue weighted by Gasteiger charge is 2.38. The van der Waals surface area contributed by atoms with E-state index in [9.17, 15) is 0 Å². The van der Waals surface area contributed by atoms with Crippen molar-refractivity contribution < 1.29 is 0 Å². The van der Waals surface area contributed by atoms with E-state index in [1.807, 2.05) is 0 Å². The van der Waals surface area contributed by atoms with E-state index in [1.54, 1.807) is 0 Å². The van der Waals surface area contributed by atoms with Crippen molar-refractivity contribution in [2.45, 2.75) is 32.7 Å². The average Bonchev–Trinajstić information content (AvgIpc) is 3.07. The van der Waals surface area contributed by atoms with Crippen LogP contribution in [0.1, 0.15) is 30.4 Å². The molecule has 0 atom stereocenters. The van der Waals surface area contributed by atoms with E-state index in [0.717, 1.165) is 6.54 Å². The smallest absolute Gasteiger partial charge is 0.0487 e. The van der Waals surface area contributed by atoms with E-state index >= 15 is 0 Å². The van der Waals surface area contributed by atoms with Crippen molar-refractivity contribution in [2.24, 2.45) is 5.41 Å². The first kappa shape index (κ1) is 13.4. The van der Waals surface area contributed by atoms with Crippen LogP contribution in [0.4, 0.5) is 0 Å². The number of benzene rings is 1. The molecule has 3 heterocycles. The molecule has 3 heteroatoms. The number of likely N-dealkylation sites (tertiary alicyclic amines) is 1. The first-order valence-corrected chi connectivity index (χ1v) is 8.24. The van der Waals surface area contributed by atoms with Gasteiger partial charge in [-0.1, -0.05) is 18.2 Å². The Morgan fingerprint density at radius 2 is 2.05 bits per heavy atom. The van der Waals surface area contributed by atoms with Crippen LogP contribution in [-0.4, -0.2) is 36.1 Å². The van der Waals surface area contributed by atoms with Gasteiger partial charge in [0.2, 0.25) is 0 Å². The fourth-order valence-electron chi connectivity index (χ4n) is 4.26. The van der Waals surface area contributed by atoms with Crippen molar-refractivity contribution >= 4 is 10.9 Å². The van der Waals surface area contributed by atoms with Crippen LogP contribution in [0, 0.1) is 12.3 Å². The van der Waals surface area contributed by atoms with Crippen LogP contribution in [0.5, 0.6) is 0 Å². The molecule has 1 aromatic carbocycles. The Balaban J connectivity index is 1.52. The number of para-hydroxylation sites is 1. The number of nitrogens with zero attached hydrogens (tertiary/aromatic N) is 1. The van der Waals surface area contributed by atoms with E-state index in [1.165, 1.54) is 67.5 Å². The van der Waals surface area contributed by atoms with Crippen LogP contribution in [0.2, 0.25) is 0 Å². The molecular formula is C18H25N3. The lowest BCUT2D eigenvalue weighted by molar-refractivity contribution is 0.194. The summed E-state index contributed by atoms with van der Waals surface area (Å²) in [6, 6.07) is 6.61. The van der Waals surface area contributed by atoms with Gasteiger partial charge in [0, 0.05) is 30.2 Å². The first-order chi connectivity index (χ1) is 10.3. The van der Waals surface area contributed by atoms with E-state index in [0.29, 0.717) is 5.41 Å². The summed E-state index contributed by atoms with van der Waals surface area (Å²) in [4.78, 5) is 6.13. The predicted molar refractivity (Wildman–Crippen MR) is 87.5 cm³/mol. The van der Waals surface area contributed by atoms with E-state index in [2.05, 4.69) is 46.5 Å². The standard InChI is InChI=1S/C18H25N3/c1-14-3-2-4-16-15(11-20-17(14)16)12-21-10-7-18(13-21)5-8-19-9-6-18/h2-4,11,19-20H,5-10,12-13H2,1H3. The van der Waals surface area contributed by atoms with Gasteiger partial charge >= 0.3 is 0 Å². The lowest BCUT2D eigenvalue weighted by Crippen LogP contribution is -2.38. The number of nitrogens with one attached hydrogen (secondary N) is 2. The van der Waals surface area contributed by atoms with Gasteiger partial charge in [-0.05, 0) is 62.4 Å². The Kier molecular flexibility index (Phi) is 3.27. The maximum atomic E-state index is 3.50. The molecule has 4 rings (SSSR count). The molecule has 0 bridgehead atoms. The molecule has 1 aromatic heterocycles. The van der Waals surface area contributed by atoms with Gasteiger partial charge in [-0.3, -0.25) is 4.90 Å². The molecule has 1 spiro atoms. The molecule has 0 aliphatic carbocycles. The highest BCUT2D eigenvalue weighted by atomic mass is 15.2. The molecule has 0 radical (unpaired) electrons. The second-order valence-corrected chi connectivity index (χ2v) is 7.02. The molecule has 112 valence electrons. The molecular weight excluding hydrogens is 258 g/mol. The second-order valence-electron chi connectivity index (χ2n) is 7.02. The summed E-state index contributed by atoms with van der Waals surface area (Å²) in [5, 5.41) is 4.91. The van der Waals surface area contributed by atoms with E-state index < -0.39 is 0 Å². The zero-order valence-electron chi connectivity index (χ0n) is 12.9. The molecule has 0 amide bonds. The monoisotopic (exact) mass is 283 g/mol. The molecule has 2 saturated heterocycles. The van der Waals surface area contributed by atoms with Gasteiger partial charge in [-0.25, -0.2) is 0 Å². The summed E-state index contributed by atoms with van der Waals surface area (Å²) in [6.07, 6.45) is 6.31. The van der Waals surface area contributed by atoms with Gasteiger partial charge in [-0.2, -0.15) is 0 Å². The fraction of sp³-hybridized carbons (Fsp3) is 0.556. The minimum atomic E-state index is 0.604. The minimum absolute atomic E-state index is 0.604. The lowest BCUT2D eigenvalue weighted by Gasteiger charge is -2.33. The van der Waals surface area contributed by atoms with Crippen LogP contribution in [-0.2, 0) is 6.54 Å². The number of fused-ring (bicyclic) bond motifs is 1. The highest BCUT2D eigenvalue weighted by molar-refractivity contribution is 5.85. The Morgan fingerprint density at radius 1 is 1.19 bits per heavy atom. The SMILES string of the molecule is Cc1cccc2c(CN3CCC4(CCNCC4)C3)c[nH]c12. The summed E-state index contributed by atoms with van der Waals surface area (Å²) in [7, 11) is 0. The number of aromatic amines is 1. The second kappa shape index (κ2) is 5.15. The number of H-pyrrole nitrogens is 1. The van der Waals surface area contributed by atoms with Gasteiger partial charge in [0.25, 0.3) is 0 Å². The van der Waals surface area contributed by atoms with Gasteiger partial charge in [-0.15, -0.1) is 0 Å². The predicted octanol–water partition coefficient (Wildman–Crippen LogP) is 3.05. The molecule has 2 fully saturated rings. The minimum Gasteiger partial charge on any atom is -0.361 e. The fourth-order valence-corrected chi connectivity index (χ4v) is 4.26. The summed E-state index contributed by atoms with van der Waals surface area (Å²) in [5.41, 5.74) is 4.71. The maximum absolute atomic E-state index is 3.50. The van der Waals surface area contributed by atoms with Crippen LogP contribution in [0.3, 0.4) is 0 Å². The van der Waals surface area contributed by atoms with Crippen LogP contribution in [0.15, 0.2) is 24.4 Å². The Labute approximate surface area is 126 Å². The van der Waals surface area contributed by atoms with Crippen LogP contribution < -0.4 is 5.32 Å². The van der Waals surface area contributed by atoms with E-state index in [4.69, 9.17) is 0 Å². The Hall–Kier alpha value is -1.32. The molecule has 2 aromatic rings. The lowest BCUT2D eigenvalue weighted by atomic mass is 9.78. The zero-order chi connectivity index (χ0) is 14.3. The number of piperidine rings is 1. The average molecular weight is 283 g/mol. The normalized spacial score (nSPS) is 22.3. The number of hydrogen-bond acceptors (Lipinski definition) is 2. The van der Waals surface area contributed by atoms with Crippen molar-refractivity contribution in [1.29, 1.82) is 0 Å². The molecule has 2 aliphatic rings. The van der Waals surface area contributed by atoms with Gasteiger partial charge in [0.05, 0.1) is 0 Å². The van der Waals surface area contributed by atoms with Crippen LogP contribution >= 0.6 is 0 Å². The molecule has 0 unspecified atom stereocenters. The van der Waals surface area contributed by atoms with Gasteiger partial charge in [0.1, 0.15) is 0 Å². The topological polar surface area (TPSA) is 31.1 Å².